The number of nitrogens with one attached hydrogen (secondary N) is 1. The molecule has 2 aliphatic heterocycles. The second kappa shape index (κ2) is 7.25. The topological polar surface area (TPSA) is 94.4 Å². The van der Waals surface area contributed by atoms with Gasteiger partial charge in [-0.2, -0.15) is 5.11 Å². The van der Waals surface area contributed by atoms with Crippen LogP contribution in [-0.4, -0.2) is 41.4 Å². The van der Waals surface area contributed by atoms with Crippen LogP contribution in [0.25, 0.3) is 0 Å². The van der Waals surface area contributed by atoms with Gasteiger partial charge in [-0.25, -0.2) is 9.29 Å². The van der Waals surface area contributed by atoms with Crippen molar-refractivity contribution in [1.29, 1.82) is 0 Å². The summed E-state index contributed by atoms with van der Waals surface area (Å²) in [5, 5.41) is 11.4. The fraction of sp³-hybridized carbons (Fsp3) is 0.211. The number of anilines is 2. The number of benzene rings is 2. The molecular weight excluding hydrogens is 401 g/mol. The number of rotatable bonds is 4. The third-order valence-electron chi connectivity index (χ3n) is 4.74. The predicted octanol–water partition coefficient (Wildman–Crippen LogP) is 2.72. The maximum atomic E-state index is 13.4. The molecule has 0 aromatic heterocycles. The van der Waals surface area contributed by atoms with Crippen molar-refractivity contribution in [3.8, 4) is 0 Å². The smallest absolute Gasteiger partial charge is 0.263 e. The van der Waals surface area contributed by atoms with E-state index >= 15 is 0 Å². The SMILES string of the molecule is Cc1ccccc1NC(=O)CN1N=N[C@@H]2C(=O)N(c3ccc(F)c(Cl)c3)C(=O)[C@H]21. The van der Waals surface area contributed by atoms with Crippen LogP contribution >= 0.6 is 11.6 Å². The molecule has 4 rings (SSSR count). The monoisotopic (exact) mass is 415 g/mol. The molecule has 3 amide bonds. The molecule has 2 aromatic carbocycles. The Hall–Kier alpha value is -3.33. The molecule has 1 fully saturated rings. The minimum absolute atomic E-state index is 0.139. The van der Waals surface area contributed by atoms with Gasteiger partial charge in [0.05, 0.1) is 10.7 Å². The highest BCUT2D eigenvalue weighted by Crippen LogP contribution is 2.33. The molecule has 1 N–H and O–H groups in total. The molecule has 0 aliphatic carbocycles. The quantitative estimate of drug-likeness (QED) is 0.777. The molecule has 1 saturated heterocycles. The zero-order chi connectivity index (χ0) is 20.7. The Bertz CT molecular complexity index is 1060. The zero-order valence-corrected chi connectivity index (χ0v) is 15.9. The Labute approximate surface area is 169 Å². The molecule has 0 radical (unpaired) electrons. The van der Waals surface area contributed by atoms with E-state index in [1.54, 1.807) is 12.1 Å². The van der Waals surface area contributed by atoms with Crippen molar-refractivity contribution in [2.24, 2.45) is 10.3 Å². The molecule has 0 spiro atoms. The first-order chi connectivity index (χ1) is 13.9. The van der Waals surface area contributed by atoms with Gasteiger partial charge >= 0.3 is 0 Å². The van der Waals surface area contributed by atoms with Crippen molar-refractivity contribution < 1.29 is 18.8 Å². The first-order valence-corrected chi connectivity index (χ1v) is 9.10. The van der Waals surface area contributed by atoms with Gasteiger partial charge in [-0.1, -0.05) is 35.0 Å². The summed E-state index contributed by atoms with van der Waals surface area (Å²) in [6.45, 7) is 1.60. The van der Waals surface area contributed by atoms with Crippen LogP contribution in [0, 0.1) is 12.7 Å². The minimum atomic E-state index is -1.06. The van der Waals surface area contributed by atoms with Gasteiger partial charge in [0.1, 0.15) is 12.4 Å². The number of nitrogens with zero attached hydrogens (tertiary/aromatic N) is 4. The lowest BCUT2D eigenvalue weighted by Crippen LogP contribution is -2.43. The average Bonchev–Trinajstić information content (AvgIpc) is 3.20. The van der Waals surface area contributed by atoms with Crippen molar-refractivity contribution in [2.45, 2.75) is 19.0 Å². The van der Waals surface area contributed by atoms with Crippen LogP contribution in [0.4, 0.5) is 15.8 Å². The summed E-state index contributed by atoms with van der Waals surface area (Å²) in [5.74, 6) is -2.27. The number of aryl methyl sites for hydroxylation is 1. The van der Waals surface area contributed by atoms with Crippen LogP contribution in [0.15, 0.2) is 52.8 Å². The highest BCUT2D eigenvalue weighted by atomic mass is 35.5. The summed E-state index contributed by atoms with van der Waals surface area (Å²) in [6, 6.07) is 8.71. The molecule has 8 nitrogen and oxygen atoms in total. The maximum absolute atomic E-state index is 13.4. The van der Waals surface area contributed by atoms with Gasteiger partial charge in [0.25, 0.3) is 11.8 Å². The number of carbonyl (C=O) groups excluding carboxylic acids is 3. The Kier molecular flexibility index (Phi) is 4.75. The fourth-order valence-corrected chi connectivity index (χ4v) is 3.46. The zero-order valence-electron chi connectivity index (χ0n) is 15.2. The molecule has 2 aliphatic rings. The molecule has 2 atom stereocenters. The van der Waals surface area contributed by atoms with E-state index in [4.69, 9.17) is 11.6 Å². The third kappa shape index (κ3) is 3.33. The molecular formula is C19H15ClFN5O3. The van der Waals surface area contributed by atoms with Crippen LogP contribution < -0.4 is 10.2 Å². The Balaban J connectivity index is 1.51. The number of fused-ring (bicyclic) bond motifs is 1. The summed E-state index contributed by atoms with van der Waals surface area (Å²) in [4.78, 5) is 38.8. The second-order valence-corrected chi connectivity index (χ2v) is 7.07. The molecule has 10 heteroatoms. The van der Waals surface area contributed by atoms with E-state index in [9.17, 15) is 18.8 Å². The van der Waals surface area contributed by atoms with Crippen molar-refractivity contribution in [2.75, 3.05) is 16.8 Å². The van der Waals surface area contributed by atoms with Crippen LogP contribution in [0.2, 0.25) is 5.02 Å². The van der Waals surface area contributed by atoms with E-state index in [1.807, 2.05) is 19.1 Å². The standard InChI is InChI=1S/C19H15ClFN5O3/c1-10-4-2-3-5-14(10)22-15(27)9-25-17-16(23-24-25)18(28)26(19(17)29)11-6-7-13(21)12(20)8-11/h2-8,16-17H,9H2,1H3,(H,22,27)/t16-,17-/m0/s1. The fourth-order valence-electron chi connectivity index (χ4n) is 3.28. The van der Waals surface area contributed by atoms with Crippen LogP contribution in [0.5, 0.6) is 0 Å². The molecule has 2 aromatic rings. The molecule has 148 valence electrons. The van der Waals surface area contributed by atoms with E-state index in [2.05, 4.69) is 15.7 Å². The van der Waals surface area contributed by atoms with Crippen LogP contribution in [-0.2, 0) is 14.4 Å². The number of halogens is 2. The van der Waals surface area contributed by atoms with E-state index in [-0.39, 0.29) is 17.3 Å². The van der Waals surface area contributed by atoms with Crippen molar-refractivity contribution in [1.82, 2.24) is 5.01 Å². The summed E-state index contributed by atoms with van der Waals surface area (Å²) in [7, 11) is 0. The number of imide groups is 1. The molecule has 2 heterocycles. The molecule has 0 unspecified atom stereocenters. The molecule has 0 bridgehead atoms. The van der Waals surface area contributed by atoms with Gasteiger partial charge in [0.2, 0.25) is 5.91 Å². The van der Waals surface area contributed by atoms with Crippen LogP contribution in [0.3, 0.4) is 0 Å². The number of hydrogen-bond donors (Lipinski definition) is 1. The lowest BCUT2D eigenvalue weighted by molar-refractivity contribution is -0.123. The predicted molar refractivity (Wildman–Crippen MR) is 103 cm³/mol. The van der Waals surface area contributed by atoms with Gasteiger partial charge in [-0.15, -0.1) is 0 Å². The van der Waals surface area contributed by atoms with Crippen molar-refractivity contribution >= 4 is 40.7 Å². The Morgan fingerprint density at radius 2 is 1.97 bits per heavy atom. The first kappa shape index (κ1) is 19.0. The van der Waals surface area contributed by atoms with Gasteiger partial charge in [-0.05, 0) is 36.8 Å². The number of para-hydroxylation sites is 1. The van der Waals surface area contributed by atoms with E-state index in [0.29, 0.717) is 5.69 Å². The van der Waals surface area contributed by atoms with Crippen molar-refractivity contribution in [3.05, 3.63) is 58.9 Å². The molecule has 29 heavy (non-hydrogen) atoms. The highest BCUT2D eigenvalue weighted by molar-refractivity contribution is 6.32. The largest absolute Gasteiger partial charge is 0.324 e. The normalized spacial score (nSPS) is 20.4. The lowest BCUT2D eigenvalue weighted by Gasteiger charge is -2.20. The van der Waals surface area contributed by atoms with Gasteiger partial charge in [0, 0.05) is 5.69 Å². The summed E-state index contributed by atoms with van der Waals surface area (Å²) in [5.41, 5.74) is 1.66. The Morgan fingerprint density at radius 3 is 2.69 bits per heavy atom. The van der Waals surface area contributed by atoms with Gasteiger partial charge in [0.15, 0.2) is 12.1 Å². The average molecular weight is 416 g/mol. The van der Waals surface area contributed by atoms with Gasteiger partial charge in [-0.3, -0.25) is 19.4 Å². The molecule has 0 saturated carbocycles. The van der Waals surface area contributed by atoms with Gasteiger partial charge < -0.3 is 5.32 Å². The minimum Gasteiger partial charge on any atom is -0.324 e. The number of hydrogen-bond acceptors (Lipinski definition) is 6. The maximum Gasteiger partial charge on any atom is 0.263 e. The van der Waals surface area contributed by atoms with Crippen LogP contribution in [0.1, 0.15) is 5.56 Å². The highest BCUT2D eigenvalue weighted by Gasteiger charge is 2.55. The Morgan fingerprint density at radius 1 is 1.21 bits per heavy atom. The van der Waals surface area contributed by atoms with E-state index in [0.717, 1.165) is 16.5 Å². The summed E-state index contributed by atoms with van der Waals surface area (Å²) < 4.78 is 13.4. The first-order valence-electron chi connectivity index (χ1n) is 8.72. The van der Waals surface area contributed by atoms with E-state index in [1.165, 1.54) is 17.1 Å². The second-order valence-electron chi connectivity index (χ2n) is 6.67. The third-order valence-corrected chi connectivity index (χ3v) is 5.03. The lowest BCUT2D eigenvalue weighted by atomic mass is 10.1. The van der Waals surface area contributed by atoms with E-state index < -0.39 is 35.6 Å². The summed E-state index contributed by atoms with van der Waals surface area (Å²) >= 11 is 5.77. The number of amides is 3. The van der Waals surface area contributed by atoms with Crippen molar-refractivity contribution in [3.63, 3.8) is 0 Å². The summed E-state index contributed by atoms with van der Waals surface area (Å²) in [6.07, 6.45) is 0. The number of carbonyl (C=O) groups is 3.